The van der Waals surface area contributed by atoms with Crippen molar-refractivity contribution in [2.24, 2.45) is 0 Å². The number of fused-ring (bicyclic) bond motifs is 1. The van der Waals surface area contributed by atoms with Gasteiger partial charge in [0.05, 0.1) is 12.7 Å². The fourth-order valence-corrected chi connectivity index (χ4v) is 2.41. The molecule has 0 aliphatic carbocycles. The molecule has 22 heavy (non-hydrogen) atoms. The maximum absolute atomic E-state index is 13.3. The van der Waals surface area contributed by atoms with Crippen LogP contribution in [0.3, 0.4) is 0 Å². The monoisotopic (exact) mass is 293 g/mol. The highest BCUT2D eigenvalue weighted by Crippen LogP contribution is 2.20. The Labute approximate surface area is 125 Å². The van der Waals surface area contributed by atoms with Gasteiger partial charge in [0.1, 0.15) is 17.2 Å². The lowest BCUT2D eigenvalue weighted by atomic mass is 10.2. The van der Waals surface area contributed by atoms with Crippen molar-refractivity contribution in [2.45, 2.75) is 6.54 Å². The lowest BCUT2D eigenvalue weighted by Gasteiger charge is -2.02. The zero-order valence-corrected chi connectivity index (χ0v) is 11.6. The standard InChI is InChI=1S/C16H12FN5/c17-13-5-1-3-11(7-13)10-22-16-14(9-19-22)20-15(21-16)12-4-2-6-18-8-12/h1-9H,10H2,(H,20,21). The highest BCUT2D eigenvalue weighted by atomic mass is 19.1. The van der Waals surface area contributed by atoms with Crippen LogP contribution < -0.4 is 0 Å². The van der Waals surface area contributed by atoms with E-state index in [1.165, 1.54) is 12.1 Å². The van der Waals surface area contributed by atoms with Crippen LogP contribution in [-0.2, 0) is 6.54 Å². The van der Waals surface area contributed by atoms with Crippen molar-refractivity contribution in [1.82, 2.24) is 24.7 Å². The summed E-state index contributed by atoms with van der Waals surface area (Å²) in [5.74, 6) is 0.493. The predicted molar refractivity (Wildman–Crippen MR) is 80.6 cm³/mol. The van der Waals surface area contributed by atoms with Gasteiger partial charge < -0.3 is 4.98 Å². The summed E-state index contributed by atoms with van der Waals surface area (Å²) in [6.45, 7) is 0.471. The zero-order valence-electron chi connectivity index (χ0n) is 11.6. The number of aromatic amines is 1. The summed E-state index contributed by atoms with van der Waals surface area (Å²) in [5.41, 5.74) is 3.34. The largest absolute Gasteiger partial charge is 0.335 e. The van der Waals surface area contributed by atoms with Gasteiger partial charge in [-0.15, -0.1) is 0 Å². The van der Waals surface area contributed by atoms with E-state index in [2.05, 4.69) is 20.1 Å². The molecular formula is C16H12FN5. The van der Waals surface area contributed by atoms with Crippen molar-refractivity contribution < 1.29 is 4.39 Å². The van der Waals surface area contributed by atoms with E-state index in [-0.39, 0.29) is 5.82 Å². The molecule has 0 bridgehead atoms. The average molecular weight is 293 g/mol. The van der Waals surface area contributed by atoms with Crippen molar-refractivity contribution in [3.05, 3.63) is 66.4 Å². The van der Waals surface area contributed by atoms with Crippen molar-refractivity contribution in [1.29, 1.82) is 0 Å². The molecule has 4 aromatic rings. The highest BCUT2D eigenvalue weighted by Gasteiger charge is 2.11. The first kappa shape index (κ1) is 12.7. The minimum atomic E-state index is -0.251. The van der Waals surface area contributed by atoms with Gasteiger partial charge in [-0.05, 0) is 29.8 Å². The Morgan fingerprint density at radius 3 is 2.91 bits per heavy atom. The molecule has 0 atom stereocenters. The fourth-order valence-electron chi connectivity index (χ4n) is 2.41. The molecule has 3 aromatic heterocycles. The fraction of sp³-hybridized carbons (Fsp3) is 0.0625. The molecule has 4 rings (SSSR count). The Hall–Kier alpha value is -3.02. The number of imidazole rings is 1. The third kappa shape index (κ3) is 2.24. The maximum atomic E-state index is 13.3. The minimum absolute atomic E-state index is 0.251. The Bertz CT molecular complexity index is 926. The molecular weight excluding hydrogens is 281 g/mol. The number of pyridine rings is 1. The molecule has 3 heterocycles. The maximum Gasteiger partial charge on any atom is 0.177 e. The van der Waals surface area contributed by atoms with Gasteiger partial charge in [0.15, 0.2) is 5.65 Å². The first-order valence-electron chi connectivity index (χ1n) is 6.86. The number of hydrogen-bond acceptors (Lipinski definition) is 3. The van der Waals surface area contributed by atoms with Gasteiger partial charge in [0, 0.05) is 18.0 Å². The highest BCUT2D eigenvalue weighted by molar-refractivity contribution is 5.75. The second kappa shape index (κ2) is 5.07. The summed E-state index contributed by atoms with van der Waals surface area (Å²) in [5, 5.41) is 4.30. The van der Waals surface area contributed by atoms with Crippen molar-refractivity contribution >= 4 is 11.2 Å². The molecule has 0 unspecified atom stereocenters. The van der Waals surface area contributed by atoms with E-state index in [4.69, 9.17) is 0 Å². The van der Waals surface area contributed by atoms with Gasteiger partial charge >= 0.3 is 0 Å². The second-order valence-electron chi connectivity index (χ2n) is 5.00. The summed E-state index contributed by atoms with van der Waals surface area (Å²) in [6, 6.07) is 10.3. The Morgan fingerprint density at radius 1 is 1.14 bits per heavy atom. The van der Waals surface area contributed by atoms with Crippen LogP contribution in [0.15, 0.2) is 55.0 Å². The van der Waals surface area contributed by atoms with E-state index in [0.29, 0.717) is 6.54 Å². The normalized spacial score (nSPS) is 11.1. The van der Waals surface area contributed by atoms with E-state index in [0.717, 1.165) is 28.1 Å². The van der Waals surface area contributed by atoms with Crippen LogP contribution >= 0.6 is 0 Å². The van der Waals surface area contributed by atoms with Crippen LogP contribution in [0.5, 0.6) is 0 Å². The third-order valence-corrected chi connectivity index (χ3v) is 3.44. The van der Waals surface area contributed by atoms with Crippen molar-refractivity contribution in [3.8, 4) is 11.4 Å². The number of nitrogens with zero attached hydrogens (tertiary/aromatic N) is 4. The summed E-state index contributed by atoms with van der Waals surface area (Å²) in [7, 11) is 0. The smallest absolute Gasteiger partial charge is 0.177 e. The van der Waals surface area contributed by atoms with E-state index in [1.54, 1.807) is 29.3 Å². The second-order valence-corrected chi connectivity index (χ2v) is 5.00. The number of benzene rings is 1. The number of nitrogens with one attached hydrogen (secondary N) is 1. The van der Waals surface area contributed by atoms with Crippen LogP contribution in [0.25, 0.3) is 22.6 Å². The summed E-state index contributed by atoms with van der Waals surface area (Å²) >= 11 is 0. The average Bonchev–Trinajstić information content (AvgIpc) is 3.10. The lowest BCUT2D eigenvalue weighted by molar-refractivity contribution is 0.620. The first-order chi connectivity index (χ1) is 10.8. The molecule has 0 amide bonds. The molecule has 1 N–H and O–H groups in total. The van der Waals surface area contributed by atoms with E-state index in [1.807, 2.05) is 18.2 Å². The molecule has 5 nitrogen and oxygen atoms in total. The van der Waals surface area contributed by atoms with Crippen LogP contribution in [0, 0.1) is 5.82 Å². The Kier molecular flexibility index (Phi) is 2.93. The third-order valence-electron chi connectivity index (χ3n) is 3.44. The van der Waals surface area contributed by atoms with Gasteiger partial charge in [-0.2, -0.15) is 5.10 Å². The molecule has 6 heteroatoms. The first-order valence-corrected chi connectivity index (χ1v) is 6.86. The molecule has 0 aliphatic heterocycles. The van der Waals surface area contributed by atoms with Crippen LogP contribution in [0.1, 0.15) is 5.56 Å². The molecule has 0 spiro atoms. The quantitative estimate of drug-likeness (QED) is 0.631. The molecule has 0 saturated heterocycles. The molecule has 1 aromatic carbocycles. The summed E-state index contributed by atoms with van der Waals surface area (Å²) in [4.78, 5) is 11.9. The molecule has 0 aliphatic rings. The molecule has 108 valence electrons. The number of H-pyrrole nitrogens is 1. The van der Waals surface area contributed by atoms with E-state index in [9.17, 15) is 4.39 Å². The zero-order chi connectivity index (χ0) is 14.9. The minimum Gasteiger partial charge on any atom is -0.335 e. The topological polar surface area (TPSA) is 59.4 Å². The van der Waals surface area contributed by atoms with Crippen LogP contribution in [-0.4, -0.2) is 24.7 Å². The summed E-state index contributed by atoms with van der Waals surface area (Å²) in [6.07, 6.45) is 5.20. The molecule has 0 fully saturated rings. The van der Waals surface area contributed by atoms with Crippen molar-refractivity contribution in [3.63, 3.8) is 0 Å². The molecule has 0 saturated carbocycles. The molecule has 0 radical (unpaired) electrons. The van der Waals surface area contributed by atoms with Gasteiger partial charge in [0.2, 0.25) is 0 Å². The van der Waals surface area contributed by atoms with Crippen LogP contribution in [0.2, 0.25) is 0 Å². The van der Waals surface area contributed by atoms with E-state index >= 15 is 0 Å². The lowest BCUT2D eigenvalue weighted by Crippen LogP contribution is -2.02. The van der Waals surface area contributed by atoms with Gasteiger partial charge in [-0.25, -0.2) is 14.1 Å². The Morgan fingerprint density at radius 2 is 2.09 bits per heavy atom. The van der Waals surface area contributed by atoms with Gasteiger partial charge in [-0.1, -0.05) is 12.1 Å². The number of aromatic nitrogens is 5. The summed E-state index contributed by atoms with van der Waals surface area (Å²) < 4.78 is 15.0. The van der Waals surface area contributed by atoms with Crippen LogP contribution in [0.4, 0.5) is 4.39 Å². The van der Waals surface area contributed by atoms with Crippen molar-refractivity contribution in [2.75, 3.05) is 0 Å². The van der Waals surface area contributed by atoms with Gasteiger partial charge in [0.25, 0.3) is 0 Å². The predicted octanol–water partition coefficient (Wildman–Crippen LogP) is 3.01. The van der Waals surface area contributed by atoms with Gasteiger partial charge in [-0.3, -0.25) is 4.98 Å². The number of hydrogen-bond donors (Lipinski definition) is 1. The van der Waals surface area contributed by atoms with E-state index < -0.39 is 0 Å². The number of halogens is 1. The number of rotatable bonds is 3. The SMILES string of the molecule is Fc1cccc(Cn2ncc3[nH]c(-c4cccnc4)nc32)c1. The Balaban J connectivity index is 1.72.